The average Bonchev–Trinajstić information content (AvgIpc) is 3.29. The summed E-state index contributed by atoms with van der Waals surface area (Å²) < 4.78 is 0.737. The predicted octanol–water partition coefficient (Wildman–Crippen LogP) is 5.81. The van der Waals surface area contributed by atoms with Crippen molar-refractivity contribution in [1.82, 2.24) is 10.3 Å². The van der Waals surface area contributed by atoms with E-state index in [4.69, 9.17) is 4.98 Å². The summed E-state index contributed by atoms with van der Waals surface area (Å²) in [6.07, 6.45) is 0.306. The number of hydrogen-bond donors (Lipinski definition) is 2. The number of carbonyl (C=O) groups excluding carboxylic acids is 2. The highest BCUT2D eigenvalue weighted by atomic mass is 32.2. The third-order valence-electron chi connectivity index (χ3n) is 5.31. The van der Waals surface area contributed by atoms with E-state index in [1.807, 2.05) is 66.7 Å². The van der Waals surface area contributed by atoms with Crippen LogP contribution < -0.4 is 10.6 Å². The molecule has 7 heteroatoms. The predicted molar refractivity (Wildman–Crippen MR) is 140 cm³/mol. The largest absolute Gasteiger partial charge is 0.358 e. The number of hydrogen-bond acceptors (Lipinski definition) is 5. The summed E-state index contributed by atoms with van der Waals surface area (Å²) in [6.45, 7) is 0. The Bertz CT molecular complexity index is 1190. The lowest BCUT2D eigenvalue weighted by molar-refractivity contribution is -0.118. The number of nitrogens with zero attached hydrogens (tertiary/aromatic N) is 1. The Labute approximate surface area is 207 Å². The molecule has 34 heavy (non-hydrogen) atoms. The third-order valence-corrected chi connectivity index (χ3v) is 7.42. The minimum atomic E-state index is -0.0820. The first-order valence-corrected chi connectivity index (χ1v) is 12.7. The molecule has 2 N–H and O–H groups in total. The van der Waals surface area contributed by atoms with Crippen LogP contribution in [0.25, 0.3) is 11.3 Å². The Morgan fingerprint density at radius 1 is 0.853 bits per heavy atom. The molecule has 0 saturated carbocycles. The molecule has 0 radical (unpaired) electrons. The Kier molecular flexibility index (Phi) is 8.12. The first kappa shape index (κ1) is 23.7. The molecule has 0 saturated heterocycles. The lowest BCUT2D eigenvalue weighted by atomic mass is 9.88. The Hall–Kier alpha value is -3.42. The van der Waals surface area contributed by atoms with Gasteiger partial charge < -0.3 is 10.6 Å². The van der Waals surface area contributed by atoms with Gasteiger partial charge in [0.1, 0.15) is 10.7 Å². The molecule has 1 heterocycles. The monoisotopic (exact) mass is 487 g/mol. The SMILES string of the molecule is CNC(=O)CSc1nc(-c2ccccc2)c(NC(=O)CC(c2ccccc2)c2ccccc2)s1. The summed E-state index contributed by atoms with van der Waals surface area (Å²) in [5.41, 5.74) is 3.83. The topological polar surface area (TPSA) is 71.1 Å². The molecule has 1 aromatic heterocycles. The average molecular weight is 488 g/mol. The fourth-order valence-electron chi connectivity index (χ4n) is 3.60. The molecule has 0 unspecified atom stereocenters. The van der Waals surface area contributed by atoms with Crippen molar-refractivity contribution in [2.24, 2.45) is 0 Å². The Morgan fingerprint density at radius 3 is 1.97 bits per heavy atom. The van der Waals surface area contributed by atoms with Crippen LogP contribution in [0.2, 0.25) is 0 Å². The maximum atomic E-state index is 13.3. The number of thioether (sulfide) groups is 1. The third kappa shape index (κ3) is 6.12. The maximum Gasteiger partial charge on any atom is 0.230 e. The molecule has 0 fully saturated rings. The zero-order valence-electron chi connectivity index (χ0n) is 18.7. The summed E-state index contributed by atoms with van der Waals surface area (Å²) in [7, 11) is 1.61. The standard InChI is InChI=1S/C27H25N3O2S2/c1-28-24(32)18-33-27-30-25(21-15-9-4-10-16-21)26(34-27)29-23(31)17-22(19-11-5-2-6-12-19)20-13-7-3-8-14-20/h2-16,22H,17-18H2,1H3,(H,28,32)(H,29,31). The Balaban J connectivity index is 1.58. The highest BCUT2D eigenvalue weighted by Gasteiger charge is 2.21. The van der Waals surface area contributed by atoms with Crippen molar-refractivity contribution in [3.63, 3.8) is 0 Å². The van der Waals surface area contributed by atoms with Gasteiger partial charge in [-0.15, -0.1) is 0 Å². The van der Waals surface area contributed by atoms with E-state index in [0.717, 1.165) is 21.0 Å². The number of thiazole rings is 1. The zero-order chi connectivity index (χ0) is 23.8. The first-order chi connectivity index (χ1) is 16.6. The molecule has 0 aliphatic carbocycles. The summed E-state index contributed by atoms with van der Waals surface area (Å²) >= 11 is 2.76. The van der Waals surface area contributed by atoms with E-state index in [2.05, 4.69) is 34.9 Å². The lowest BCUT2D eigenvalue weighted by Gasteiger charge is -2.18. The molecule has 0 bridgehead atoms. The van der Waals surface area contributed by atoms with Crippen LogP contribution in [0.15, 0.2) is 95.3 Å². The van der Waals surface area contributed by atoms with Gasteiger partial charge in [0.05, 0.1) is 5.75 Å². The lowest BCUT2D eigenvalue weighted by Crippen LogP contribution is -2.19. The fraction of sp³-hybridized carbons (Fsp3) is 0.148. The molecule has 2 amide bonds. The molecule has 0 aliphatic rings. The van der Waals surface area contributed by atoms with Crippen LogP contribution >= 0.6 is 23.1 Å². The molecule has 4 rings (SSSR count). The van der Waals surface area contributed by atoms with Gasteiger partial charge in [-0.2, -0.15) is 0 Å². The van der Waals surface area contributed by atoms with Crippen molar-refractivity contribution in [2.45, 2.75) is 16.7 Å². The molecule has 0 aliphatic heterocycles. The number of carbonyl (C=O) groups is 2. The first-order valence-electron chi connectivity index (χ1n) is 10.9. The van der Waals surface area contributed by atoms with Crippen molar-refractivity contribution in [3.05, 3.63) is 102 Å². The highest BCUT2D eigenvalue weighted by Crippen LogP contribution is 2.38. The van der Waals surface area contributed by atoms with Crippen LogP contribution in [0, 0.1) is 0 Å². The number of rotatable bonds is 9. The van der Waals surface area contributed by atoms with E-state index in [1.54, 1.807) is 7.05 Å². The molecule has 172 valence electrons. The fourth-order valence-corrected chi connectivity index (χ4v) is 5.55. The number of aromatic nitrogens is 1. The smallest absolute Gasteiger partial charge is 0.230 e. The van der Waals surface area contributed by atoms with Crippen LogP contribution in [0.3, 0.4) is 0 Å². The van der Waals surface area contributed by atoms with Crippen LogP contribution in [-0.4, -0.2) is 29.6 Å². The van der Waals surface area contributed by atoms with E-state index >= 15 is 0 Å². The van der Waals surface area contributed by atoms with E-state index in [0.29, 0.717) is 17.1 Å². The van der Waals surface area contributed by atoms with Crippen LogP contribution in [-0.2, 0) is 9.59 Å². The zero-order valence-corrected chi connectivity index (χ0v) is 20.4. The molecule has 3 aromatic carbocycles. The number of amides is 2. The second-order valence-electron chi connectivity index (χ2n) is 7.61. The van der Waals surface area contributed by atoms with Crippen molar-refractivity contribution in [2.75, 3.05) is 18.1 Å². The van der Waals surface area contributed by atoms with Gasteiger partial charge >= 0.3 is 0 Å². The van der Waals surface area contributed by atoms with Crippen molar-refractivity contribution in [3.8, 4) is 11.3 Å². The molecule has 0 spiro atoms. The second-order valence-corrected chi connectivity index (χ2v) is 9.83. The molecule has 0 atom stereocenters. The number of nitrogens with one attached hydrogen (secondary N) is 2. The van der Waals surface area contributed by atoms with Gasteiger partial charge in [-0.1, -0.05) is 114 Å². The molecule has 5 nitrogen and oxygen atoms in total. The van der Waals surface area contributed by atoms with Crippen molar-refractivity contribution >= 4 is 39.9 Å². The van der Waals surface area contributed by atoms with Gasteiger partial charge in [0.25, 0.3) is 0 Å². The number of benzene rings is 3. The quantitative estimate of drug-likeness (QED) is 0.292. The van der Waals surface area contributed by atoms with Gasteiger partial charge in [0.2, 0.25) is 11.8 Å². The summed E-state index contributed by atoms with van der Waals surface area (Å²) in [5, 5.41) is 6.42. The van der Waals surface area contributed by atoms with Crippen molar-refractivity contribution < 1.29 is 9.59 Å². The molecular weight excluding hydrogens is 462 g/mol. The van der Waals surface area contributed by atoms with Gasteiger partial charge in [-0.05, 0) is 11.1 Å². The van der Waals surface area contributed by atoms with E-state index in [1.165, 1.54) is 23.1 Å². The molecular formula is C27H25N3O2S2. The van der Waals surface area contributed by atoms with Crippen LogP contribution in [0.1, 0.15) is 23.5 Å². The second kappa shape index (κ2) is 11.6. The molecule has 4 aromatic rings. The van der Waals surface area contributed by atoms with Crippen molar-refractivity contribution in [1.29, 1.82) is 0 Å². The van der Waals surface area contributed by atoms with Gasteiger partial charge in [0.15, 0.2) is 4.34 Å². The maximum absolute atomic E-state index is 13.3. The minimum absolute atomic E-state index is 0.0578. The summed E-state index contributed by atoms with van der Waals surface area (Å²) in [6, 6.07) is 29.9. The Morgan fingerprint density at radius 2 is 1.41 bits per heavy atom. The normalized spacial score (nSPS) is 10.8. The summed E-state index contributed by atoms with van der Waals surface area (Å²) in [4.78, 5) is 29.7. The summed E-state index contributed by atoms with van der Waals surface area (Å²) in [5.74, 6) is 0.0648. The van der Waals surface area contributed by atoms with Gasteiger partial charge in [0, 0.05) is 24.9 Å². The van der Waals surface area contributed by atoms with E-state index in [9.17, 15) is 9.59 Å². The minimum Gasteiger partial charge on any atom is -0.358 e. The van der Waals surface area contributed by atoms with Gasteiger partial charge in [-0.25, -0.2) is 4.98 Å². The van der Waals surface area contributed by atoms with Gasteiger partial charge in [-0.3, -0.25) is 9.59 Å². The van der Waals surface area contributed by atoms with Crippen LogP contribution in [0.5, 0.6) is 0 Å². The van der Waals surface area contributed by atoms with E-state index in [-0.39, 0.29) is 23.5 Å². The highest BCUT2D eigenvalue weighted by molar-refractivity contribution is 8.01. The number of anilines is 1. The van der Waals surface area contributed by atoms with Crippen LogP contribution in [0.4, 0.5) is 5.00 Å². The van der Waals surface area contributed by atoms with E-state index < -0.39 is 0 Å².